The summed E-state index contributed by atoms with van der Waals surface area (Å²) in [5.74, 6) is -0.600. The number of thiophene rings is 1. The molecule has 5 rings (SSSR count). The molecule has 0 amide bonds. The maximum absolute atomic E-state index is 13.1. The van der Waals surface area contributed by atoms with E-state index in [2.05, 4.69) is 19.9 Å². The zero-order chi connectivity index (χ0) is 22.8. The number of fused-ring (bicyclic) bond motifs is 2. The van der Waals surface area contributed by atoms with Crippen molar-refractivity contribution in [1.29, 1.82) is 0 Å². The van der Waals surface area contributed by atoms with Crippen LogP contribution in [-0.4, -0.2) is 22.2 Å². The van der Waals surface area contributed by atoms with Gasteiger partial charge < -0.3 is 14.4 Å². The van der Waals surface area contributed by atoms with Gasteiger partial charge >= 0.3 is 5.97 Å². The van der Waals surface area contributed by atoms with E-state index in [1.807, 2.05) is 10.6 Å². The zero-order valence-corrected chi connectivity index (χ0v) is 20.0. The van der Waals surface area contributed by atoms with Crippen LogP contribution in [0.2, 0.25) is 5.02 Å². The molecular weight excluding hydrogens is 446 g/mol. The van der Waals surface area contributed by atoms with Gasteiger partial charge in [0, 0.05) is 32.9 Å². The van der Waals surface area contributed by atoms with Gasteiger partial charge in [0.2, 0.25) is 5.43 Å². The summed E-state index contributed by atoms with van der Waals surface area (Å²) in [5.41, 5.74) is 2.22. The van der Waals surface area contributed by atoms with Crippen LogP contribution in [0.3, 0.4) is 0 Å². The minimum absolute atomic E-state index is 0.0482. The summed E-state index contributed by atoms with van der Waals surface area (Å²) >= 11 is 8.52. The lowest BCUT2D eigenvalue weighted by Crippen LogP contribution is -2.26. The first-order valence-corrected chi connectivity index (χ1v) is 12.3. The molecule has 1 saturated carbocycles. The van der Waals surface area contributed by atoms with Crippen LogP contribution < -0.4 is 5.43 Å². The number of carbonyl (C=O) groups excluding carboxylic acids is 1. The summed E-state index contributed by atoms with van der Waals surface area (Å²) in [6.45, 7) is 6.13. The lowest BCUT2D eigenvalue weighted by atomic mass is 9.75. The van der Waals surface area contributed by atoms with Crippen molar-refractivity contribution in [3.8, 4) is 10.4 Å². The van der Waals surface area contributed by atoms with Crippen LogP contribution in [0.4, 0.5) is 0 Å². The molecule has 2 aliphatic carbocycles. The largest absolute Gasteiger partial charge is 0.462 e. The molecule has 0 aliphatic heterocycles. The Morgan fingerprint density at radius 2 is 2.09 bits per heavy atom. The molecule has 0 bridgehead atoms. The van der Waals surface area contributed by atoms with E-state index >= 15 is 0 Å². The summed E-state index contributed by atoms with van der Waals surface area (Å²) in [4.78, 5) is 27.5. The van der Waals surface area contributed by atoms with Crippen LogP contribution in [0, 0.1) is 5.41 Å². The molecule has 168 valence electrons. The van der Waals surface area contributed by atoms with Crippen molar-refractivity contribution in [3.63, 3.8) is 0 Å². The molecule has 1 atom stereocenters. The Morgan fingerprint density at radius 3 is 2.78 bits per heavy atom. The average Bonchev–Trinajstić information content (AvgIpc) is 3.51. The average molecular weight is 472 g/mol. The fourth-order valence-electron chi connectivity index (χ4n) is 4.54. The highest BCUT2D eigenvalue weighted by Gasteiger charge is 2.36. The number of benzene rings is 1. The van der Waals surface area contributed by atoms with Gasteiger partial charge in [0.05, 0.1) is 23.3 Å². The van der Waals surface area contributed by atoms with E-state index in [9.17, 15) is 14.7 Å². The third-order valence-corrected chi connectivity index (χ3v) is 8.35. The quantitative estimate of drug-likeness (QED) is 0.481. The molecule has 1 N–H and O–H groups in total. The number of aliphatic hydroxyl groups excluding tert-OH is 1. The van der Waals surface area contributed by atoms with E-state index in [0.29, 0.717) is 15.9 Å². The van der Waals surface area contributed by atoms with E-state index in [1.54, 1.807) is 30.5 Å². The number of halogens is 1. The van der Waals surface area contributed by atoms with Crippen LogP contribution in [0.5, 0.6) is 0 Å². The molecule has 1 unspecified atom stereocenters. The monoisotopic (exact) mass is 471 g/mol. The molecule has 2 heterocycles. The molecule has 3 aromatic rings. The van der Waals surface area contributed by atoms with Crippen molar-refractivity contribution in [2.45, 2.75) is 58.6 Å². The van der Waals surface area contributed by atoms with Gasteiger partial charge in [0.1, 0.15) is 5.56 Å². The predicted molar refractivity (Wildman–Crippen MR) is 128 cm³/mol. The Kier molecular flexibility index (Phi) is 5.23. The molecule has 2 aliphatic rings. The Hall–Kier alpha value is -2.15. The second kappa shape index (κ2) is 7.72. The smallest absolute Gasteiger partial charge is 0.343 e. The van der Waals surface area contributed by atoms with Gasteiger partial charge in [0.15, 0.2) is 0 Å². The fraction of sp³-hybridized carbons (Fsp3) is 0.440. The number of aryl methyl sites for hydroxylation is 1. The number of hydrogen-bond acceptors (Lipinski definition) is 5. The fourth-order valence-corrected chi connectivity index (χ4v) is 6.40. The number of hydrogen-bond donors (Lipinski definition) is 1. The second-order valence-corrected chi connectivity index (χ2v) is 10.9. The molecule has 7 heteroatoms. The Labute approximate surface area is 195 Å². The molecule has 32 heavy (non-hydrogen) atoms. The van der Waals surface area contributed by atoms with Gasteiger partial charge in [-0.05, 0) is 55.7 Å². The van der Waals surface area contributed by atoms with Gasteiger partial charge in [-0.1, -0.05) is 31.5 Å². The Balaban J connectivity index is 1.69. The zero-order valence-electron chi connectivity index (χ0n) is 18.4. The van der Waals surface area contributed by atoms with E-state index in [1.165, 1.54) is 5.56 Å². The van der Waals surface area contributed by atoms with E-state index < -0.39 is 12.1 Å². The Bertz CT molecular complexity index is 1300. The number of aliphatic hydroxyl groups is 1. The van der Waals surface area contributed by atoms with Crippen LogP contribution in [0.1, 0.15) is 73.0 Å². The standard InChI is InChI=1S/C25H26ClNO4S/c1-4-31-24(30)17-12-27(14-5-6-14)20-16(21(17)28)8-7-15(19(20)26)18-11-13-9-10-25(2,3)23(29)22(13)32-18/h7-8,11-12,14,23,29H,4-6,9-10H2,1-3H3. The summed E-state index contributed by atoms with van der Waals surface area (Å²) in [7, 11) is 0. The van der Waals surface area contributed by atoms with Crippen molar-refractivity contribution in [2.24, 2.45) is 5.41 Å². The number of rotatable bonds is 4. The second-order valence-electron chi connectivity index (χ2n) is 9.45. The summed E-state index contributed by atoms with van der Waals surface area (Å²) in [6.07, 6.45) is 4.94. The van der Waals surface area contributed by atoms with Crippen molar-refractivity contribution < 1.29 is 14.6 Å². The first kappa shape index (κ1) is 21.7. The summed E-state index contributed by atoms with van der Waals surface area (Å²) in [6, 6.07) is 5.96. The summed E-state index contributed by atoms with van der Waals surface area (Å²) < 4.78 is 7.07. The molecule has 0 saturated heterocycles. The number of pyridine rings is 1. The van der Waals surface area contributed by atoms with Gasteiger partial charge in [-0.2, -0.15) is 0 Å². The molecule has 1 fully saturated rings. The third kappa shape index (κ3) is 3.40. The number of carbonyl (C=O) groups is 1. The first-order chi connectivity index (χ1) is 15.2. The molecule has 0 spiro atoms. The normalized spacial score (nSPS) is 19.7. The number of aromatic nitrogens is 1. The maximum atomic E-state index is 13.1. The highest BCUT2D eigenvalue weighted by Crippen LogP contribution is 2.50. The van der Waals surface area contributed by atoms with Crippen LogP contribution in [0.25, 0.3) is 21.3 Å². The third-order valence-electron chi connectivity index (χ3n) is 6.70. The van der Waals surface area contributed by atoms with Crippen molar-refractivity contribution in [3.05, 3.63) is 55.6 Å². The summed E-state index contributed by atoms with van der Waals surface area (Å²) in [5, 5.41) is 11.8. The van der Waals surface area contributed by atoms with Gasteiger partial charge in [0.25, 0.3) is 0 Å². The highest BCUT2D eigenvalue weighted by molar-refractivity contribution is 7.15. The van der Waals surface area contributed by atoms with Gasteiger partial charge in [-0.15, -0.1) is 11.3 Å². The van der Waals surface area contributed by atoms with Crippen LogP contribution in [0.15, 0.2) is 29.2 Å². The molecule has 5 nitrogen and oxygen atoms in total. The molecular formula is C25H26ClNO4S. The lowest BCUT2D eigenvalue weighted by molar-refractivity contribution is 0.0373. The molecule has 2 aromatic heterocycles. The van der Waals surface area contributed by atoms with E-state index in [-0.39, 0.29) is 29.1 Å². The lowest BCUT2D eigenvalue weighted by Gasteiger charge is -2.34. The van der Waals surface area contributed by atoms with Crippen LogP contribution in [-0.2, 0) is 11.2 Å². The number of nitrogens with zero attached hydrogens (tertiary/aromatic N) is 1. The van der Waals surface area contributed by atoms with E-state index in [4.69, 9.17) is 16.3 Å². The number of esters is 1. The maximum Gasteiger partial charge on any atom is 0.343 e. The number of ether oxygens (including phenoxy) is 1. The first-order valence-electron chi connectivity index (χ1n) is 11.1. The van der Waals surface area contributed by atoms with Gasteiger partial charge in [-0.25, -0.2) is 4.79 Å². The predicted octanol–water partition coefficient (Wildman–Crippen LogP) is 5.90. The topological polar surface area (TPSA) is 68.5 Å². The Morgan fingerprint density at radius 1 is 1.34 bits per heavy atom. The minimum Gasteiger partial charge on any atom is -0.462 e. The van der Waals surface area contributed by atoms with Crippen LogP contribution >= 0.6 is 22.9 Å². The van der Waals surface area contributed by atoms with Crippen molar-refractivity contribution >= 4 is 39.8 Å². The SMILES string of the molecule is CCOC(=O)c1cn(C2CC2)c2c(Cl)c(-c3cc4c(s3)C(O)C(C)(C)CC4)ccc2c1=O. The van der Waals surface area contributed by atoms with Crippen molar-refractivity contribution in [2.75, 3.05) is 6.61 Å². The molecule has 0 radical (unpaired) electrons. The van der Waals surface area contributed by atoms with Gasteiger partial charge in [-0.3, -0.25) is 4.79 Å². The highest BCUT2D eigenvalue weighted by atomic mass is 35.5. The molecule has 1 aromatic carbocycles. The van der Waals surface area contributed by atoms with E-state index in [0.717, 1.165) is 41.0 Å². The van der Waals surface area contributed by atoms with Crippen molar-refractivity contribution in [1.82, 2.24) is 4.57 Å². The minimum atomic E-state index is -0.600.